The van der Waals surface area contributed by atoms with E-state index in [9.17, 15) is 0 Å². The molecular weight excluding hydrogens is 296 g/mol. The number of rotatable bonds is 0. The van der Waals surface area contributed by atoms with E-state index in [2.05, 4.69) is 11.8 Å². The molecule has 0 fully saturated rings. The number of terminal acetylenes is 2. The molecule has 0 saturated heterocycles. The first kappa shape index (κ1) is 17.2. The lowest BCUT2D eigenvalue weighted by Crippen LogP contribution is -2.13. The van der Waals surface area contributed by atoms with Crippen LogP contribution in [0.15, 0.2) is 12.1 Å². The third kappa shape index (κ3) is 5.19. The van der Waals surface area contributed by atoms with Crippen molar-refractivity contribution in [2.45, 2.75) is 0 Å². The summed E-state index contributed by atoms with van der Waals surface area (Å²) in [6.45, 7) is 3.57. The summed E-state index contributed by atoms with van der Waals surface area (Å²) in [7, 11) is 0. The van der Waals surface area contributed by atoms with E-state index in [4.69, 9.17) is 36.5 Å². The molecule has 0 atom stereocenters. The average Bonchev–Trinajstić information content (AvgIpc) is 2.59. The minimum atomic E-state index is 0.343. The lowest BCUT2D eigenvalue weighted by atomic mass is 10.1. The van der Waals surface area contributed by atoms with E-state index in [1.54, 1.807) is 12.1 Å². The van der Waals surface area contributed by atoms with Crippen molar-refractivity contribution >= 4 is 0 Å². The van der Waals surface area contributed by atoms with Gasteiger partial charge in [0.1, 0.15) is 13.2 Å². The van der Waals surface area contributed by atoms with Crippen molar-refractivity contribution in [2.24, 2.45) is 0 Å². The summed E-state index contributed by atoms with van der Waals surface area (Å²) in [4.78, 5) is 0. The van der Waals surface area contributed by atoms with Crippen LogP contribution in [0, 0.1) is 24.7 Å². The summed E-state index contributed by atoms with van der Waals surface area (Å²) in [6.07, 6.45) is 11.1. The first-order chi connectivity index (χ1) is 11.4. The molecule has 0 amide bonds. The standard InChI is InChI=1S/C18H20O5/c1-3-15-5-6-16(4-2)18-17(15)22-13-11-20-9-7-19-8-10-21-12-14-23-18/h1-2,5-6H,7-14H2. The Balaban J connectivity index is 2.18. The molecule has 1 heterocycles. The van der Waals surface area contributed by atoms with Crippen LogP contribution in [0.25, 0.3) is 0 Å². The third-order valence-electron chi connectivity index (χ3n) is 3.12. The van der Waals surface area contributed by atoms with Gasteiger partial charge in [0.2, 0.25) is 0 Å². The third-order valence-corrected chi connectivity index (χ3v) is 3.12. The Hall–Kier alpha value is -2.18. The second-order valence-corrected chi connectivity index (χ2v) is 4.64. The van der Waals surface area contributed by atoms with Gasteiger partial charge < -0.3 is 23.7 Å². The van der Waals surface area contributed by atoms with E-state index >= 15 is 0 Å². The van der Waals surface area contributed by atoms with Gasteiger partial charge in [-0.05, 0) is 12.1 Å². The van der Waals surface area contributed by atoms with Gasteiger partial charge in [-0.1, -0.05) is 11.8 Å². The van der Waals surface area contributed by atoms with E-state index in [1.807, 2.05) is 0 Å². The normalized spacial score (nSPS) is 17.1. The van der Waals surface area contributed by atoms with Crippen LogP contribution in [0.2, 0.25) is 0 Å². The monoisotopic (exact) mass is 316 g/mol. The fourth-order valence-corrected chi connectivity index (χ4v) is 2.02. The van der Waals surface area contributed by atoms with E-state index in [-0.39, 0.29) is 0 Å². The topological polar surface area (TPSA) is 46.2 Å². The highest BCUT2D eigenvalue weighted by atomic mass is 16.6. The summed E-state index contributed by atoms with van der Waals surface area (Å²) in [5.41, 5.74) is 1.18. The summed E-state index contributed by atoms with van der Waals surface area (Å²) < 4.78 is 27.7. The molecule has 0 aromatic heterocycles. The van der Waals surface area contributed by atoms with Crippen LogP contribution in [0.5, 0.6) is 11.5 Å². The van der Waals surface area contributed by atoms with Gasteiger partial charge in [0.15, 0.2) is 11.5 Å². The number of hydrogen-bond donors (Lipinski definition) is 0. The van der Waals surface area contributed by atoms with Gasteiger partial charge in [0.25, 0.3) is 0 Å². The van der Waals surface area contributed by atoms with Gasteiger partial charge in [0, 0.05) is 0 Å². The van der Waals surface area contributed by atoms with Crippen molar-refractivity contribution in [3.05, 3.63) is 23.3 Å². The van der Waals surface area contributed by atoms with Crippen LogP contribution in [-0.4, -0.2) is 52.9 Å². The molecule has 1 aromatic carbocycles. The van der Waals surface area contributed by atoms with Crippen LogP contribution in [0.1, 0.15) is 11.1 Å². The Morgan fingerprint density at radius 1 is 0.609 bits per heavy atom. The molecule has 1 aromatic rings. The van der Waals surface area contributed by atoms with Crippen molar-refractivity contribution in [1.82, 2.24) is 0 Å². The Kier molecular flexibility index (Phi) is 7.29. The van der Waals surface area contributed by atoms with Crippen molar-refractivity contribution < 1.29 is 23.7 Å². The molecular formula is C18H20O5. The van der Waals surface area contributed by atoms with Crippen molar-refractivity contribution in [1.29, 1.82) is 0 Å². The van der Waals surface area contributed by atoms with E-state index in [0.29, 0.717) is 75.5 Å². The minimum absolute atomic E-state index is 0.343. The lowest BCUT2D eigenvalue weighted by molar-refractivity contribution is 0.00707. The molecule has 0 spiro atoms. The Labute approximate surface area is 136 Å². The largest absolute Gasteiger partial charge is 0.486 e. The lowest BCUT2D eigenvalue weighted by Gasteiger charge is -2.16. The van der Waals surface area contributed by atoms with Crippen LogP contribution in [0.4, 0.5) is 0 Å². The Morgan fingerprint density at radius 2 is 0.957 bits per heavy atom. The van der Waals surface area contributed by atoms with E-state index in [1.165, 1.54) is 0 Å². The van der Waals surface area contributed by atoms with Crippen LogP contribution in [0.3, 0.4) is 0 Å². The number of ether oxygens (including phenoxy) is 5. The molecule has 5 nitrogen and oxygen atoms in total. The molecule has 0 bridgehead atoms. The maximum atomic E-state index is 5.76. The molecule has 2 rings (SSSR count). The molecule has 0 saturated carbocycles. The quantitative estimate of drug-likeness (QED) is 0.678. The highest BCUT2D eigenvalue weighted by Gasteiger charge is 2.15. The Morgan fingerprint density at radius 3 is 1.30 bits per heavy atom. The van der Waals surface area contributed by atoms with Crippen molar-refractivity contribution in [3.8, 4) is 36.2 Å². The molecule has 5 heteroatoms. The number of benzene rings is 1. The maximum absolute atomic E-state index is 5.76. The minimum Gasteiger partial charge on any atom is -0.486 e. The maximum Gasteiger partial charge on any atom is 0.178 e. The number of hydrogen-bond acceptors (Lipinski definition) is 5. The van der Waals surface area contributed by atoms with Gasteiger partial charge in [-0.25, -0.2) is 0 Å². The Bertz CT molecular complexity index is 531. The smallest absolute Gasteiger partial charge is 0.178 e. The zero-order chi connectivity index (χ0) is 16.3. The molecule has 0 unspecified atom stereocenters. The summed E-state index contributed by atoms with van der Waals surface area (Å²) in [5, 5.41) is 0. The summed E-state index contributed by atoms with van der Waals surface area (Å²) >= 11 is 0. The highest BCUT2D eigenvalue weighted by molar-refractivity contribution is 5.61. The van der Waals surface area contributed by atoms with Crippen LogP contribution < -0.4 is 9.47 Å². The molecule has 0 N–H and O–H groups in total. The van der Waals surface area contributed by atoms with E-state index < -0.39 is 0 Å². The first-order valence-electron chi connectivity index (χ1n) is 7.46. The predicted molar refractivity (Wildman–Crippen MR) is 85.8 cm³/mol. The zero-order valence-corrected chi connectivity index (χ0v) is 13.0. The van der Waals surface area contributed by atoms with E-state index in [0.717, 1.165) is 0 Å². The van der Waals surface area contributed by atoms with Crippen molar-refractivity contribution in [3.63, 3.8) is 0 Å². The highest BCUT2D eigenvalue weighted by Crippen LogP contribution is 2.34. The second-order valence-electron chi connectivity index (χ2n) is 4.64. The zero-order valence-electron chi connectivity index (χ0n) is 13.0. The van der Waals surface area contributed by atoms with Crippen molar-refractivity contribution in [2.75, 3.05) is 52.9 Å². The molecule has 0 aliphatic carbocycles. The average molecular weight is 316 g/mol. The van der Waals surface area contributed by atoms with Gasteiger partial charge in [-0.2, -0.15) is 0 Å². The molecule has 1 aliphatic rings. The first-order valence-corrected chi connectivity index (χ1v) is 7.46. The van der Waals surface area contributed by atoms with Crippen LogP contribution >= 0.6 is 0 Å². The fraction of sp³-hybridized carbons (Fsp3) is 0.444. The van der Waals surface area contributed by atoms with Gasteiger partial charge in [0.05, 0.1) is 50.8 Å². The molecule has 122 valence electrons. The number of fused-ring (bicyclic) bond motifs is 1. The summed E-state index contributed by atoms with van der Waals surface area (Å²) in [6, 6.07) is 3.49. The fourth-order valence-electron chi connectivity index (χ4n) is 2.02. The van der Waals surface area contributed by atoms with Gasteiger partial charge in [-0.3, -0.25) is 0 Å². The van der Waals surface area contributed by atoms with Crippen LogP contribution in [-0.2, 0) is 14.2 Å². The summed E-state index contributed by atoms with van der Waals surface area (Å²) in [5.74, 6) is 6.11. The SMILES string of the molecule is C#Cc1ccc(C#C)c2c1OCCOCCOCCOCCO2. The second kappa shape index (κ2) is 9.76. The molecule has 1 aliphatic heterocycles. The van der Waals surface area contributed by atoms with Gasteiger partial charge in [-0.15, -0.1) is 12.8 Å². The predicted octanol–water partition coefficient (Wildman–Crippen LogP) is 1.47. The molecule has 0 radical (unpaired) electrons. The van der Waals surface area contributed by atoms with Gasteiger partial charge >= 0.3 is 0 Å². The molecule has 23 heavy (non-hydrogen) atoms.